The summed E-state index contributed by atoms with van der Waals surface area (Å²) in [7, 11) is 0. The second-order valence-corrected chi connectivity index (χ2v) is 11.1. The average Bonchev–Trinajstić information content (AvgIpc) is 2.77. The van der Waals surface area contributed by atoms with Crippen molar-refractivity contribution < 1.29 is 0 Å². The van der Waals surface area contributed by atoms with E-state index < -0.39 is 0 Å². The Kier molecular flexibility index (Phi) is 5.01. The number of aryl methyl sites for hydroxylation is 1. The fourth-order valence-electron chi connectivity index (χ4n) is 5.37. The lowest BCUT2D eigenvalue weighted by molar-refractivity contribution is 0.332. The molecule has 1 aliphatic rings. The minimum atomic E-state index is 0.228. The van der Waals surface area contributed by atoms with Crippen molar-refractivity contribution in [2.24, 2.45) is 0 Å². The van der Waals surface area contributed by atoms with Crippen LogP contribution in [0.15, 0.2) is 78.9 Å². The van der Waals surface area contributed by atoms with Crippen molar-refractivity contribution in [1.82, 2.24) is 0 Å². The van der Waals surface area contributed by atoms with Gasteiger partial charge in [0, 0.05) is 0 Å². The van der Waals surface area contributed by atoms with Gasteiger partial charge in [0.1, 0.15) is 0 Å². The molecule has 0 nitrogen and oxygen atoms in total. The SMILES string of the molecule is Cc1ccc(-c2cc3cc4c(cc3cc2Cc2ccccc2)C(C)(C)CCC4(C)C)cc1. The molecule has 4 aromatic carbocycles. The van der Waals surface area contributed by atoms with Gasteiger partial charge in [-0.3, -0.25) is 0 Å². The first-order valence-corrected chi connectivity index (χ1v) is 12.0. The van der Waals surface area contributed by atoms with E-state index in [2.05, 4.69) is 113 Å². The number of hydrogen-bond donors (Lipinski definition) is 0. The van der Waals surface area contributed by atoms with Crippen LogP contribution in [-0.4, -0.2) is 0 Å². The quantitative estimate of drug-likeness (QED) is 0.312. The summed E-state index contributed by atoms with van der Waals surface area (Å²) >= 11 is 0. The zero-order valence-corrected chi connectivity index (χ0v) is 20.1. The van der Waals surface area contributed by atoms with Crippen molar-refractivity contribution in [3.63, 3.8) is 0 Å². The molecule has 0 N–H and O–H groups in total. The molecule has 0 unspecified atom stereocenters. The Morgan fingerprint density at radius 2 is 1.22 bits per heavy atom. The lowest BCUT2D eigenvalue weighted by atomic mass is 9.62. The molecule has 32 heavy (non-hydrogen) atoms. The van der Waals surface area contributed by atoms with Crippen LogP contribution in [0.4, 0.5) is 0 Å². The predicted octanol–water partition coefficient (Wildman–Crippen LogP) is 8.76. The number of hydrogen-bond acceptors (Lipinski definition) is 0. The molecule has 0 saturated heterocycles. The fraction of sp³-hybridized carbons (Fsp3) is 0.312. The Hall–Kier alpha value is -2.86. The van der Waals surface area contributed by atoms with Gasteiger partial charge in [0.25, 0.3) is 0 Å². The molecule has 0 aliphatic heterocycles. The zero-order valence-electron chi connectivity index (χ0n) is 20.1. The van der Waals surface area contributed by atoms with Crippen LogP contribution < -0.4 is 0 Å². The molecule has 162 valence electrons. The van der Waals surface area contributed by atoms with E-state index in [1.165, 1.54) is 62.6 Å². The van der Waals surface area contributed by atoms with Crippen LogP contribution in [0, 0.1) is 6.92 Å². The summed E-state index contributed by atoms with van der Waals surface area (Å²) in [6.07, 6.45) is 3.44. The Bertz CT molecular complexity index is 1270. The van der Waals surface area contributed by atoms with Crippen LogP contribution in [-0.2, 0) is 17.3 Å². The number of rotatable bonds is 3. The Balaban J connectivity index is 1.74. The van der Waals surface area contributed by atoms with Gasteiger partial charge in [-0.1, -0.05) is 106 Å². The van der Waals surface area contributed by atoms with E-state index in [0.29, 0.717) is 0 Å². The highest BCUT2D eigenvalue weighted by Gasteiger charge is 2.37. The van der Waals surface area contributed by atoms with Crippen LogP contribution in [0.5, 0.6) is 0 Å². The van der Waals surface area contributed by atoms with Crippen LogP contribution in [0.25, 0.3) is 21.9 Å². The van der Waals surface area contributed by atoms with Gasteiger partial charge in [-0.2, -0.15) is 0 Å². The van der Waals surface area contributed by atoms with Crippen LogP contribution in [0.1, 0.15) is 68.4 Å². The normalized spacial score (nSPS) is 16.7. The molecule has 4 aromatic rings. The second-order valence-electron chi connectivity index (χ2n) is 11.1. The van der Waals surface area contributed by atoms with Crippen molar-refractivity contribution in [2.75, 3.05) is 0 Å². The molecule has 0 bridgehead atoms. The van der Waals surface area contributed by atoms with Crippen LogP contribution >= 0.6 is 0 Å². The van der Waals surface area contributed by atoms with Crippen molar-refractivity contribution in [1.29, 1.82) is 0 Å². The van der Waals surface area contributed by atoms with E-state index in [4.69, 9.17) is 0 Å². The van der Waals surface area contributed by atoms with Gasteiger partial charge in [0.05, 0.1) is 0 Å². The third kappa shape index (κ3) is 3.77. The van der Waals surface area contributed by atoms with E-state index in [-0.39, 0.29) is 10.8 Å². The average molecular weight is 419 g/mol. The van der Waals surface area contributed by atoms with E-state index >= 15 is 0 Å². The molecule has 0 fully saturated rings. The summed E-state index contributed by atoms with van der Waals surface area (Å²) in [6, 6.07) is 29.7. The first-order valence-electron chi connectivity index (χ1n) is 12.0. The molecule has 1 aliphatic carbocycles. The fourth-order valence-corrected chi connectivity index (χ4v) is 5.37. The third-order valence-electron chi connectivity index (χ3n) is 7.63. The lowest BCUT2D eigenvalue weighted by Gasteiger charge is -2.42. The molecule has 0 saturated carbocycles. The molecule has 0 spiro atoms. The summed E-state index contributed by atoms with van der Waals surface area (Å²) in [5, 5.41) is 2.73. The maximum Gasteiger partial charge on any atom is -0.00194 e. The van der Waals surface area contributed by atoms with Gasteiger partial charge in [0.2, 0.25) is 0 Å². The van der Waals surface area contributed by atoms with E-state index in [9.17, 15) is 0 Å². The minimum absolute atomic E-state index is 0.228. The van der Waals surface area contributed by atoms with Crippen molar-refractivity contribution in [3.05, 3.63) is 107 Å². The second kappa shape index (κ2) is 7.62. The van der Waals surface area contributed by atoms with E-state index in [0.717, 1.165) is 6.42 Å². The standard InChI is InChI=1S/C32H34/c1-22-11-13-24(14-12-22)28-19-26-21-30-29(31(2,3)15-16-32(30,4)5)20-25(26)18-27(28)17-23-9-7-6-8-10-23/h6-14,18-21H,15-17H2,1-5H3. The Labute approximate surface area is 193 Å². The van der Waals surface area contributed by atoms with Gasteiger partial charge in [-0.05, 0) is 87.2 Å². The molecule has 0 heteroatoms. The molecule has 0 aromatic heterocycles. The molecular formula is C32H34. The van der Waals surface area contributed by atoms with Crippen LogP contribution in [0.2, 0.25) is 0 Å². The Morgan fingerprint density at radius 1 is 0.656 bits per heavy atom. The zero-order chi connectivity index (χ0) is 22.5. The highest BCUT2D eigenvalue weighted by molar-refractivity contribution is 5.91. The molecule has 0 radical (unpaired) electrons. The predicted molar refractivity (Wildman–Crippen MR) is 139 cm³/mol. The van der Waals surface area contributed by atoms with E-state index in [1.54, 1.807) is 0 Å². The molecule has 0 atom stereocenters. The summed E-state index contributed by atoms with van der Waals surface area (Å²) in [4.78, 5) is 0. The molecule has 0 heterocycles. The van der Waals surface area contributed by atoms with E-state index in [1.807, 2.05) is 0 Å². The smallest absolute Gasteiger partial charge is 0.00194 e. The third-order valence-corrected chi connectivity index (χ3v) is 7.63. The topological polar surface area (TPSA) is 0 Å². The van der Waals surface area contributed by atoms with Gasteiger partial charge in [-0.15, -0.1) is 0 Å². The highest BCUT2D eigenvalue weighted by atomic mass is 14.4. The summed E-state index contributed by atoms with van der Waals surface area (Å²) < 4.78 is 0. The summed E-state index contributed by atoms with van der Waals surface area (Å²) in [5.74, 6) is 0. The Morgan fingerprint density at radius 3 is 1.81 bits per heavy atom. The van der Waals surface area contributed by atoms with Gasteiger partial charge in [0.15, 0.2) is 0 Å². The number of fused-ring (bicyclic) bond motifs is 2. The molecule has 5 rings (SSSR count). The lowest BCUT2D eigenvalue weighted by Crippen LogP contribution is -2.33. The highest BCUT2D eigenvalue weighted by Crippen LogP contribution is 2.47. The first kappa shape index (κ1) is 21.0. The van der Waals surface area contributed by atoms with Crippen molar-refractivity contribution >= 4 is 10.8 Å². The number of benzene rings is 4. The van der Waals surface area contributed by atoms with Crippen LogP contribution in [0.3, 0.4) is 0 Å². The van der Waals surface area contributed by atoms with Crippen molar-refractivity contribution in [3.8, 4) is 11.1 Å². The van der Waals surface area contributed by atoms with Gasteiger partial charge < -0.3 is 0 Å². The monoisotopic (exact) mass is 418 g/mol. The summed E-state index contributed by atoms with van der Waals surface area (Å²) in [5.41, 5.74) is 10.3. The summed E-state index contributed by atoms with van der Waals surface area (Å²) in [6.45, 7) is 11.8. The van der Waals surface area contributed by atoms with Gasteiger partial charge >= 0.3 is 0 Å². The minimum Gasteiger partial charge on any atom is -0.0622 e. The maximum atomic E-state index is 2.50. The molecular weight excluding hydrogens is 384 g/mol. The van der Waals surface area contributed by atoms with Crippen molar-refractivity contribution in [2.45, 2.75) is 64.7 Å². The molecule has 0 amide bonds. The first-order chi connectivity index (χ1) is 15.2. The maximum absolute atomic E-state index is 2.50. The van der Waals surface area contributed by atoms with Gasteiger partial charge in [-0.25, -0.2) is 0 Å². The largest absolute Gasteiger partial charge is 0.0622 e.